The summed E-state index contributed by atoms with van der Waals surface area (Å²) >= 11 is 0. The van der Waals surface area contributed by atoms with Crippen molar-refractivity contribution in [2.75, 3.05) is 26.2 Å². The van der Waals surface area contributed by atoms with Crippen LogP contribution in [0.15, 0.2) is 18.2 Å². The minimum Gasteiger partial charge on any atom is -0.316 e. The van der Waals surface area contributed by atoms with Crippen LogP contribution in [0.5, 0.6) is 0 Å². The van der Waals surface area contributed by atoms with E-state index in [9.17, 15) is 0 Å². The Morgan fingerprint density at radius 2 is 2.10 bits per heavy atom. The minimum atomic E-state index is 0.750. The third-order valence-electron chi connectivity index (χ3n) is 4.49. The highest BCUT2D eigenvalue weighted by atomic mass is 15.1. The molecule has 1 unspecified atom stereocenters. The van der Waals surface area contributed by atoms with Crippen molar-refractivity contribution in [2.24, 2.45) is 11.8 Å². The number of likely N-dealkylation sites (tertiary alicyclic amines) is 1. The maximum atomic E-state index is 3.63. The summed E-state index contributed by atoms with van der Waals surface area (Å²) in [5.41, 5.74) is 4.31. The number of hydrogen-bond donors (Lipinski definition) is 1. The lowest BCUT2D eigenvalue weighted by molar-refractivity contribution is 0.164. The second-order valence-electron chi connectivity index (χ2n) is 7.23. The van der Waals surface area contributed by atoms with Gasteiger partial charge in [-0.2, -0.15) is 0 Å². The third-order valence-corrected chi connectivity index (χ3v) is 4.49. The van der Waals surface area contributed by atoms with E-state index in [0.29, 0.717) is 0 Å². The SMILES string of the molecule is Cc1ccc(C)c(CN2CCCC(CNCC(C)C)C2)c1. The summed E-state index contributed by atoms with van der Waals surface area (Å²) in [4.78, 5) is 2.65. The fraction of sp³-hybridized carbons (Fsp3) is 0.684. The van der Waals surface area contributed by atoms with E-state index in [1.54, 1.807) is 0 Å². The fourth-order valence-electron chi connectivity index (χ4n) is 3.25. The maximum Gasteiger partial charge on any atom is 0.0236 e. The molecule has 1 aliphatic rings. The minimum absolute atomic E-state index is 0.750. The standard InChI is InChI=1S/C19H32N2/c1-15(2)11-20-12-18-6-5-9-21(13-18)14-19-10-16(3)7-8-17(19)4/h7-8,10,15,18,20H,5-6,9,11-14H2,1-4H3. The lowest BCUT2D eigenvalue weighted by Crippen LogP contribution is -2.39. The van der Waals surface area contributed by atoms with E-state index in [-0.39, 0.29) is 0 Å². The quantitative estimate of drug-likeness (QED) is 0.857. The van der Waals surface area contributed by atoms with Gasteiger partial charge in [-0.05, 0) is 69.3 Å². The second-order valence-corrected chi connectivity index (χ2v) is 7.23. The topological polar surface area (TPSA) is 15.3 Å². The zero-order valence-corrected chi connectivity index (χ0v) is 14.3. The van der Waals surface area contributed by atoms with Gasteiger partial charge in [0.15, 0.2) is 0 Å². The van der Waals surface area contributed by atoms with Crippen molar-refractivity contribution in [3.8, 4) is 0 Å². The van der Waals surface area contributed by atoms with Crippen LogP contribution in [0.1, 0.15) is 43.4 Å². The number of piperidine rings is 1. The predicted molar refractivity (Wildman–Crippen MR) is 91.6 cm³/mol. The monoisotopic (exact) mass is 288 g/mol. The Morgan fingerprint density at radius 1 is 1.29 bits per heavy atom. The van der Waals surface area contributed by atoms with Crippen LogP contribution in [-0.4, -0.2) is 31.1 Å². The zero-order valence-electron chi connectivity index (χ0n) is 14.3. The lowest BCUT2D eigenvalue weighted by atomic mass is 9.96. The largest absolute Gasteiger partial charge is 0.316 e. The van der Waals surface area contributed by atoms with Crippen molar-refractivity contribution >= 4 is 0 Å². The summed E-state index contributed by atoms with van der Waals surface area (Å²) < 4.78 is 0. The molecule has 0 aromatic heterocycles. The molecule has 2 nitrogen and oxygen atoms in total. The number of nitrogens with zero attached hydrogens (tertiary/aromatic N) is 1. The lowest BCUT2D eigenvalue weighted by Gasteiger charge is -2.33. The van der Waals surface area contributed by atoms with Gasteiger partial charge < -0.3 is 5.32 Å². The highest BCUT2D eigenvalue weighted by Crippen LogP contribution is 2.20. The number of rotatable bonds is 6. The molecule has 1 atom stereocenters. The summed E-state index contributed by atoms with van der Waals surface area (Å²) in [6, 6.07) is 6.83. The second kappa shape index (κ2) is 7.95. The summed E-state index contributed by atoms with van der Waals surface area (Å²) in [5, 5.41) is 3.63. The van der Waals surface area contributed by atoms with Crippen LogP contribution in [0.4, 0.5) is 0 Å². The highest BCUT2D eigenvalue weighted by Gasteiger charge is 2.20. The Bertz CT molecular complexity index is 439. The first-order valence-electron chi connectivity index (χ1n) is 8.54. The van der Waals surface area contributed by atoms with E-state index < -0.39 is 0 Å². The molecule has 0 spiro atoms. The van der Waals surface area contributed by atoms with Crippen LogP contribution in [0, 0.1) is 25.7 Å². The average molecular weight is 288 g/mol. The first kappa shape index (κ1) is 16.5. The molecule has 0 amide bonds. The maximum absolute atomic E-state index is 3.63. The molecule has 1 aliphatic heterocycles. The van der Waals surface area contributed by atoms with Crippen molar-refractivity contribution in [1.29, 1.82) is 0 Å². The van der Waals surface area contributed by atoms with Gasteiger partial charge in [-0.15, -0.1) is 0 Å². The molecule has 0 bridgehead atoms. The van der Waals surface area contributed by atoms with E-state index in [0.717, 1.165) is 24.9 Å². The first-order valence-corrected chi connectivity index (χ1v) is 8.54. The molecular formula is C19H32N2. The fourth-order valence-corrected chi connectivity index (χ4v) is 3.25. The van der Waals surface area contributed by atoms with E-state index in [1.165, 1.54) is 49.2 Å². The summed E-state index contributed by atoms with van der Waals surface area (Å²) in [5.74, 6) is 1.57. The van der Waals surface area contributed by atoms with Crippen molar-refractivity contribution in [3.63, 3.8) is 0 Å². The van der Waals surface area contributed by atoms with Gasteiger partial charge in [0, 0.05) is 13.1 Å². The molecule has 1 aromatic carbocycles. The molecule has 1 N–H and O–H groups in total. The van der Waals surface area contributed by atoms with Crippen LogP contribution < -0.4 is 5.32 Å². The van der Waals surface area contributed by atoms with E-state index in [4.69, 9.17) is 0 Å². The molecule has 21 heavy (non-hydrogen) atoms. The summed E-state index contributed by atoms with van der Waals surface area (Å²) in [7, 11) is 0. The van der Waals surface area contributed by atoms with Gasteiger partial charge in [0.25, 0.3) is 0 Å². The van der Waals surface area contributed by atoms with Gasteiger partial charge in [-0.25, -0.2) is 0 Å². The van der Waals surface area contributed by atoms with Crippen molar-refractivity contribution in [2.45, 2.75) is 47.1 Å². The Kier molecular flexibility index (Phi) is 6.25. The Labute approximate surface area is 130 Å². The Hall–Kier alpha value is -0.860. The molecule has 1 saturated heterocycles. The predicted octanol–water partition coefficient (Wildman–Crippen LogP) is 3.76. The van der Waals surface area contributed by atoms with Crippen LogP contribution in [0.2, 0.25) is 0 Å². The van der Waals surface area contributed by atoms with E-state index in [2.05, 4.69) is 56.1 Å². The van der Waals surface area contributed by atoms with Crippen LogP contribution >= 0.6 is 0 Å². The number of aryl methyl sites for hydroxylation is 2. The number of nitrogens with one attached hydrogen (secondary N) is 1. The Balaban J connectivity index is 1.84. The van der Waals surface area contributed by atoms with Gasteiger partial charge >= 0.3 is 0 Å². The number of hydrogen-bond acceptors (Lipinski definition) is 2. The van der Waals surface area contributed by atoms with E-state index >= 15 is 0 Å². The first-order chi connectivity index (χ1) is 10.0. The molecule has 1 heterocycles. The van der Waals surface area contributed by atoms with Crippen LogP contribution in [0.25, 0.3) is 0 Å². The highest BCUT2D eigenvalue weighted by molar-refractivity contribution is 5.30. The summed E-state index contributed by atoms with van der Waals surface area (Å²) in [6.45, 7) is 14.9. The molecule has 0 aliphatic carbocycles. The van der Waals surface area contributed by atoms with Gasteiger partial charge in [0.05, 0.1) is 0 Å². The van der Waals surface area contributed by atoms with Crippen LogP contribution in [0.3, 0.4) is 0 Å². The third kappa shape index (κ3) is 5.44. The van der Waals surface area contributed by atoms with Crippen molar-refractivity contribution < 1.29 is 0 Å². The van der Waals surface area contributed by atoms with Crippen molar-refractivity contribution in [1.82, 2.24) is 10.2 Å². The van der Waals surface area contributed by atoms with Gasteiger partial charge in [0.2, 0.25) is 0 Å². The van der Waals surface area contributed by atoms with Crippen molar-refractivity contribution in [3.05, 3.63) is 34.9 Å². The smallest absolute Gasteiger partial charge is 0.0236 e. The molecule has 0 radical (unpaired) electrons. The van der Waals surface area contributed by atoms with Gasteiger partial charge in [-0.1, -0.05) is 37.6 Å². The van der Waals surface area contributed by atoms with Gasteiger partial charge in [-0.3, -0.25) is 4.90 Å². The molecule has 118 valence electrons. The van der Waals surface area contributed by atoms with Gasteiger partial charge in [0.1, 0.15) is 0 Å². The molecule has 1 aromatic rings. The molecule has 2 rings (SSSR count). The molecule has 1 fully saturated rings. The Morgan fingerprint density at radius 3 is 2.86 bits per heavy atom. The van der Waals surface area contributed by atoms with Crippen LogP contribution in [-0.2, 0) is 6.54 Å². The molecular weight excluding hydrogens is 256 g/mol. The average Bonchev–Trinajstić information content (AvgIpc) is 2.43. The molecule has 0 saturated carbocycles. The molecule has 2 heteroatoms. The number of benzene rings is 1. The normalized spacial score (nSPS) is 20.1. The summed E-state index contributed by atoms with van der Waals surface area (Å²) in [6.07, 6.45) is 2.73. The van der Waals surface area contributed by atoms with E-state index in [1.807, 2.05) is 0 Å². The zero-order chi connectivity index (χ0) is 15.2.